The summed E-state index contributed by atoms with van der Waals surface area (Å²) in [6, 6.07) is 2.31. The third-order valence-electron chi connectivity index (χ3n) is 11.6. The van der Waals surface area contributed by atoms with Crippen LogP contribution in [0.2, 0.25) is 0 Å². The van der Waals surface area contributed by atoms with E-state index >= 15 is 0 Å². The Labute approximate surface area is 366 Å². The van der Waals surface area contributed by atoms with Crippen molar-refractivity contribution >= 4 is 35.5 Å². The average molecular weight is 867 g/mol. The highest BCUT2D eigenvalue weighted by molar-refractivity contribution is 5.96. The summed E-state index contributed by atoms with van der Waals surface area (Å²) in [5.74, 6) is -5.46. The Bertz CT molecular complexity index is 1810. The highest BCUT2D eigenvalue weighted by Gasteiger charge is 2.34. The molecule has 0 unspecified atom stereocenters. The molecule has 344 valence electrons. The normalized spacial score (nSPS) is 17.6. The largest absolute Gasteiger partial charge is 0.507 e. The Kier molecular flexibility index (Phi) is 21.7. The fraction of sp³-hybridized carbons (Fsp3) is 0.609. The van der Waals surface area contributed by atoms with E-state index in [4.69, 9.17) is 0 Å². The SMILES string of the molecule is CCCCCCCCCCCCCCCCN(C)[C@H](CO)C(=O)N[C@H](C)C(=O)NCC(=O)N(C)[C@@H]1C(=O)N[C@@H](C)C(=O)N[C@@H](C(=O)O)Cc2ccc(O)c(c2)-c2cc1ccc2O. The van der Waals surface area contributed by atoms with Crippen LogP contribution in [0, 0.1) is 0 Å². The summed E-state index contributed by atoms with van der Waals surface area (Å²) in [6.07, 6.45) is 17.1. The van der Waals surface area contributed by atoms with Crippen LogP contribution in [-0.2, 0) is 35.2 Å². The van der Waals surface area contributed by atoms with Gasteiger partial charge in [0.1, 0.15) is 41.7 Å². The van der Waals surface area contributed by atoms with Crippen LogP contribution >= 0.6 is 0 Å². The number of carbonyl (C=O) groups is 6. The van der Waals surface area contributed by atoms with Crippen LogP contribution in [0.4, 0.5) is 0 Å². The lowest BCUT2D eigenvalue weighted by Crippen LogP contribution is -2.55. The van der Waals surface area contributed by atoms with Gasteiger partial charge in [-0.1, -0.05) is 103 Å². The molecular formula is C46H70N6O10. The maximum absolute atomic E-state index is 13.9. The van der Waals surface area contributed by atoms with Crippen molar-refractivity contribution in [2.24, 2.45) is 0 Å². The number of aliphatic hydroxyl groups is 1. The number of aromatic hydroxyl groups is 2. The van der Waals surface area contributed by atoms with Crippen LogP contribution in [-0.4, -0.2) is 124 Å². The Morgan fingerprint density at radius 1 is 0.774 bits per heavy atom. The second-order valence-electron chi connectivity index (χ2n) is 16.6. The summed E-state index contributed by atoms with van der Waals surface area (Å²) in [5.41, 5.74) is 0.812. The minimum Gasteiger partial charge on any atom is -0.507 e. The molecule has 4 bridgehead atoms. The molecule has 62 heavy (non-hydrogen) atoms. The van der Waals surface area contributed by atoms with Gasteiger partial charge < -0.3 is 46.6 Å². The van der Waals surface area contributed by atoms with Crippen molar-refractivity contribution in [2.45, 2.75) is 147 Å². The number of phenols is 2. The van der Waals surface area contributed by atoms with Crippen molar-refractivity contribution in [3.63, 3.8) is 0 Å². The fourth-order valence-corrected chi connectivity index (χ4v) is 7.60. The summed E-state index contributed by atoms with van der Waals surface area (Å²) >= 11 is 0. The molecule has 0 fully saturated rings. The molecule has 2 aromatic rings. The number of amides is 5. The molecule has 1 heterocycles. The van der Waals surface area contributed by atoms with Crippen LogP contribution in [0.25, 0.3) is 11.1 Å². The van der Waals surface area contributed by atoms with E-state index in [1.165, 1.54) is 128 Å². The van der Waals surface area contributed by atoms with Gasteiger partial charge in [0.2, 0.25) is 29.5 Å². The summed E-state index contributed by atoms with van der Waals surface area (Å²) in [7, 11) is 3.06. The number of benzene rings is 2. The zero-order chi connectivity index (χ0) is 45.8. The smallest absolute Gasteiger partial charge is 0.326 e. The minimum absolute atomic E-state index is 0.0887. The van der Waals surface area contributed by atoms with Gasteiger partial charge in [0.05, 0.1) is 13.2 Å². The molecule has 0 saturated heterocycles. The first-order valence-corrected chi connectivity index (χ1v) is 22.2. The van der Waals surface area contributed by atoms with Crippen LogP contribution < -0.4 is 21.3 Å². The molecule has 1 aliphatic heterocycles. The number of hydrogen-bond donors (Lipinski definition) is 8. The van der Waals surface area contributed by atoms with E-state index in [2.05, 4.69) is 28.2 Å². The van der Waals surface area contributed by atoms with E-state index in [9.17, 15) is 49.2 Å². The minimum atomic E-state index is -1.43. The number of aliphatic carboxylic acids is 1. The second-order valence-corrected chi connectivity index (χ2v) is 16.6. The number of fused-ring (bicyclic) bond motifs is 5. The molecule has 0 spiro atoms. The number of carboxylic acids is 1. The molecule has 2 aromatic carbocycles. The Balaban J connectivity index is 1.58. The van der Waals surface area contributed by atoms with Gasteiger partial charge in [-0.2, -0.15) is 0 Å². The third-order valence-corrected chi connectivity index (χ3v) is 11.6. The van der Waals surface area contributed by atoms with Crippen molar-refractivity contribution in [3.8, 4) is 22.6 Å². The Hall–Kier alpha value is -5.22. The number of carbonyl (C=O) groups excluding carboxylic acids is 5. The Morgan fingerprint density at radius 2 is 1.32 bits per heavy atom. The number of unbranched alkanes of at least 4 members (excludes halogenated alkanes) is 13. The highest BCUT2D eigenvalue weighted by atomic mass is 16.4. The first kappa shape index (κ1) is 51.1. The molecule has 16 heteroatoms. The predicted molar refractivity (Wildman–Crippen MR) is 236 cm³/mol. The molecule has 16 nitrogen and oxygen atoms in total. The van der Waals surface area contributed by atoms with Crippen molar-refractivity contribution in [2.75, 3.05) is 33.8 Å². The lowest BCUT2D eigenvalue weighted by molar-refractivity contribution is -0.143. The van der Waals surface area contributed by atoms with E-state index in [0.29, 0.717) is 12.1 Å². The summed E-state index contributed by atoms with van der Waals surface area (Å²) in [5, 5.41) is 51.6. The number of aliphatic hydroxyl groups excluding tert-OH is 1. The number of carboxylic acid groups (broad SMARTS) is 1. The molecule has 1 aliphatic rings. The van der Waals surface area contributed by atoms with Crippen LogP contribution in [0.15, 0.2) is 36.4 Å². The number of hydrogen-bond acceptors (Lipinski definition) is 10. The topological polar surface area (TPSA) is 238 Å². The van der Waals surface area contributed by atoms with Crippen LogP contribution in [0.1, 0.15) is 128 Å². The molecule has 0 saturated carbocycles. The number of phenolic OH excluding ortho intramolecular Hbond substituents is 2. The number of nitrogens with one attached hydrogen (secondary N) is 4. The molecule has 3 rings (SSSR count). The molecular weight excluding hydrogens is 797 g/mol. The first-order chi connectivity index (χ1) is 29.6. The van der Waals surface area contributed by atoms with E-state index in [1.807, 2.05) is 0 Å². The summed E-state index contributed by atoms with van der Waals surface area (Å²) in [6.45, 7) is 4.58. The molecule has 0 aliphatic carbocycles. The third kappa shape index (κ3) is 15.9. The van der Waals surface area contributed by atoms with Gasteiger partial charge in [-0.25, -0.2) is 4.79 Å². The lowest BCUT2D eigenvalue weighted by Gasteiger charge is -2.30. The maximum atomic E-state index is 13.9. The molecule has 5 atom stereocenters. The highest BCUT2D eigenvalue weighted by Crippen LogP contribution is 2.38. The van der Waals surface area contributed by atoms with Crippen molar-refractivity contribution in [1.82, 2.24) is 31.1 Å². The van der Waals surface area contributed by atoms with Gasteiger partial charge >= 0.3 is 5.97 Å². The first-order valence-electron chi connectivity index (χ1n) is 22.2. The van der Waals surface area contributed by atoms with Gasteiger partial charge in [0.15, 0.2) is 0 Å². The van der Waals surface area contributed by atoms with E-state index in [0.717, 1.165) is 24.2 Å². The van der Waals surface area contributed by atoms with Gasteiger partial charge in [-0.05, 0) is 69.3 Å². The van der Waals surface area contributed by atoms with Crippen molar-refractivity contribution in [3.05, 3.63) is 47.5 Å². The van der Waals surface area contributed by atoms with Crippen molar-refractivity contribution < 1.29 is 49.2 Å². The Morgan fingerprint density at radius 3 is 1.89 bits per heavy atom. The summed E-state index contributed by atoms with van der Waals surface area (Å²) < 4.78 is 0. The zero-order valence-corrected chi connectivity index (χ0v) is 37.2. The van der Waals surface area contributed by atoms with Gasteiger partial charge in [-0.15, -0.1) is 0 Å². The van der Waals surface area contributed by atoms with Crippen LogP contribution in [0.5, 0.6) is 11.5 Å². The predicted octanol–water partition coefficient (Wildman–Crippen LogP) is 4.29. The van der Waals surface area contributed by atoms with Gasteiger partial charge in [0.25, 0.3) is 0 Å². The zero-order valence-electron chi connectivity index (χ0n) is 37.2. The van der Waals surface area contributed by atoms with E-state index in [-0.39, 0.29) is 34.6 Å². The summed E-state index contributed by atoms with van der Waals surface area (Å²) in [4.78, 5) is 81.7. The molecule has 0 radical (unpaired) electrons. The quantitative estimate of drug-likeness (QED) is 0.0693. The monoisotopic (exact) mass is 867 g/mol. The standard InChI is InChI=1S/C46H70N6O10/c1-6-7-8-9-10-11-12-13-14-15-16-17-18-19-24-51(4)37(29-53)44(59)48-30(2)42(57)47-28-40(56)52(5)41-33-21-23-39(55)35(27-33)34-25-32(20-22-38(34)54)26-36(46(61)62)50-43(58)31(3)49-45(41)60/h20-23,25,27,30-31,36-37,41,53-55H,6-19,24,26,28-29H2,1-5H3,(H,47,57)(H,48,59)(H,49,60)(H,50,58)(H,61,62)/t30-,31+,36-,37-,41+/m1/s1. The fourth-order valence-electron chi connectivity index (χ4n) is 7.60. The van der Waals surface area contributed by atoms with E-state index < -0.39 is 78.9 Å². The van der Waals surface area contributed by atoms with Gasteiger partial charge in [0, 0.05) is 24.6 Å². The number of likely N-dealkylation sites (N-methyl/N-ethyl adjacent to an activating group) is 2. The molecule has 0 aromatic heterocycles. The average Bonchev–Trinajstić information content (AvgIpc) is 3.23. The molecule has 5 amide bonds. The number of rotatable bonds is 24. The van der Waals surface area contributed by atoms with Crippen LogP contribution in [0.3, 0.4) is 0 Å². The second kappa shape index (κ2) is 26.3. The lowest BCUT2D eigenvalue weighted by atomic mass is 9.94. The maximum Gasteiger partial charge on any atom is 0.326 e. The van der Waals surface area contributed by atoms with E-state index in [1.54, 1.807) is 11.9 Å². The van der Waals surface area contributed by atoms with Gasteiger partial charge in [-0.3, -0.25) is 28.9 Å². The molecule has 8 N–H and O–H groups in total. The van der Waals surface area contributed by atoms with Crippen molar-refractivity contribution in [1.29, 1.82) is 0 Å². The number of nitrogens with zero attached hydrogens (tertiary/aromatic N) is 2.